The van der Waals surface area contributed by atoms with Gasteiger partial charge in [0.05, 0.1) is 29.9 Å². The van der Waals surface area contributed by atoms with E-state index in [-0.39, 0.29) is 11.5 Å². The number of hydrogen-bond donors (Lipinski definition) is 1. The molecule has 7 heteroatoms. The van der Waals surface area contributed by atoms with Crippen LogP contribution in [0.4, 0.5) is 0 Å². The van der Waals surface area contributed by atoms with Crippen molar-refractivity contribution in [3.8, 4) is 22.9 Å². The largest absolute Gasteiger partial charge is 0.489 e. The molecule has 2 bridgehead atoms. The summed E-state index contributed by atoms with van der Waals surface area (Å²) >= 11 is 0. The number of aliphatic imine (C=N–C) groups is 1. The molecule has 2 unspecified atom stereocenters. The van der Waals surface area contributed by atoms with Gasteiger partial charge in [0.2, 0.25) is 11.7 Å². The molecule has 2 aromatic rings. The summed E-state index contributed by atoms with van der Waals surface area (Å²) in [5.74, 6) is 1.13. The molecule has 0 amide bonds. The second kappa shape index (κ2) is 6.96. The first-order valence-electron chi connectivity index (χ1n) is 11.2. The van der Waals surface area contributed by atoms with E-state index in [0.29, 0.717) is 24.0 Å². The Balaban J connectivity index is 1.44. The zero-order valence-corrected chi connectivity index (χ0v) is 18.1. The molecule has 1 spiro atoms. The highest BCUT2D eigenvalue weighted by Crippen LogP contribution is 2.55. The van der Waals surface area contributed by atoms with Crippen molar-refractivity contribution in [2.24, 2.45) is 16.1 Å². The number of nitrogens with two attached hydrogens (primary N) is 1. The molecular formula is C25H26N4O3. The van der Waals surface area contributed by atoms with Crippen LogP contribution < -0.4 is 10.5 Å². The fourth-order valence-corrected chi connectivity index (χ4v) is 5.70. The third kappa shape index (κ3) is 2.90. The lowest BCUT2D eigenvalue weighted by Crippen LogP contribution is -2.55. The molecule has 2 atom stereocenters. The molecule has 32 heavy (non-hydrogen) atoms. The minimum absolute atomic E-state index is 0.0198. The van der Waals surface area contributed by atoms with E-state index in [9.17, 15) is 5.26 Å². The van der Waals surface area contributed by atoms with Crippen LogP contribution in [0.3, 0.4) is 0 Å². The van der Waals surface area contributed by atoms with Crippen LogP contribution in [0.5, 0.6) is 5.75 Å². The molecule has 2 aromatic carbocycles. The van der Waals surface area contributed by atoms with Crippen LogP contribution >= 0.6 is 0 Å². The summed E-state index contributed by atoms with van der Waals surface area (Å²) in [4.78, 5) is 11.1. The predicted octanol–water partition coefficient (Wildman–Crippen LogP) is 3.68. The third-order valence-electron chi connectivity index (χ3n) is 7.58. The summed E-state index contributed by atoms with van der Waals surface area (Å²) in [6.07, 6.45) is 5.29. The Hall–Kier alpha value is -3.08. The molecule has 3 fully saturated rings. The highest BCUT2D eigenvalue weighted by molar-refractivity contribution is 5.79. The molecule has 7 rings (SSSR count). The maximum absolute atomic E-state index is 9.29. The summed E-state index contributed by atoms with van der Waals surface area (Å²) < 4.78 is 12.7. The highest BCUT2D eigenvalue weighted by atomic mass is 16.7. The summed E-state index contributed by atoms with van der Waals surface area (Å²) in [5, 5.41) is 10.8. The van der Waals surface area contributed by atoms with Crippen molar-refractivity contribution >= 4 is 5.96 Å². The lowest BCUT2D eigenvalue weighted by atomic mass is 9.65. The Morgan fingerprint density at radius 1 is 1.16 bits per heavy atom. The standard InChI is InChI=1S/C25H26N4O3/c1-29-23(27)28-25(32-29)13-22(24-9-7-19(8-10-24)30-15-24)31-21-6-5-18(12-20(21)25)17-4-2-3-16(11-17)14-26/h2-6,11-12,19,22H,7-10,13,15H2,1H3,(H2,27,28). The molecule has 0 aromatic heterocycles. The molecule has 1 aliphatic carbocycles. The van der Waals surface area contributed by atoms with E-state index >= 15 is 0 Å². The number of benzene rings is 2. The molecular weight excluding hydrogens is 404 g/mol. The number of nitriles is 1. The number of rotatable bonds is 2. The summed E-state index contributed by atoms with van der Waals surface area (Å²) in [5.41, 5.74) is 8.66. The average Bonchev–Trinajstić information content (AvgIpc) is 3.13. The van der Waals surface area contributed by atoms with Crippen LogP contribution in [-0.4, -0.2) is 36.9 Å². The van der Waals surface area contributed by atoms with Gasteiger partial charge < -0.3 is 15.2 Å². The number of hydrogen-bond acceptors (Lipinski definition) is 7. The second-order valence-corrected chi connectivity index (χ2v) is 9.43. The Kier molecular flexibility index (Phi) is 4.26. The number of ether oxygens (including phenoxy) is 2. The van der Waals surface area contributed by atoms with Gasteiger partial charge in [0, 0.05) is 18.9 Å². The first-order chi connectivity index (χ1) is 15.5. The maximum Gasteiger partial charge on any atom is 0.221 e. The Morgan fingerprint density at radius 3 is 2.66 bits per heavy atom. The van der Waals surface area contributed by atoms with Gasteiger partial charge in [0.15, 0.2) is 0 Å². The van der Waals surface area contributed by atoms with Crippen LogP contribution in [0.1, 0.15) is 43.2 Å². The van der Waals surface area contributed by atoms with Gasteiger partial charge in [0.1, 0.15) is 11.9 Å². The molecule has 2 N–H and O–H groups in total. The van der Waals surface area contributed by atoms with Gasteiger partial charge in [-0.15, -0.1) is 0 Å². The topological polar surface area (TPSA) is 93.1 Å². The molecule has 2 saturated heterocycles. The molecule has 0 radical (unpaired) electrons. The van der Waals surface area contributed by atoms with Crippen molar-refractivity contribution in [1.82, 2.24) is 5.06 Å². The van der Waals surface area contributed by atoms with Crippen molar-refractivity contribution < 1.29 is 14.3 Å². The lowest BCUT2D eigenvalue weighted by Gasteiger charge is -2.52. The fourth-order valence-electron chi connectivity index (χ4n) is 5.70. The lowest BCUT2D eigenvalue weighted by molar-refractivity contribution is -0.217. The maximum atomic E-state index is 9.29. The minimum atomic E-state index is -0.928. The normalized spacial score (nSPS) is 32.9. The van der Waals surface area contributed by atoms with Crippen LogP contribution in [0.15, 0.2) is 47.5 Å². The van der Waals surface area contributed by atoms with E-state index in [2.05, 4.69) is 12.1 Å². The van der Waals surface area contributed by atoms with Crippen molar-refractivity contribution in [2.75, 3.05) is 13.7 Å². The summed E-state index contributed by atoms with van der Waals surface area (Å²) in [6, 6.07) is 15.9. The first-order valence-corrected chi connectivity index (χ1v) is 11.2. The van der Waals surface area contributed by atoms with Crippen LogP contribution in [0, 0.1) is 16.7 Å². The molecule has 1 saturated carbocycles. The van der Waals surface area contributed by atoms with E-state index in [0.717, 1.165) is 54.7 Å². The SMILES string of the molecule is CN1OC2(CC(C34CCC(CC3)OC4)Oc3ccc(-c4cccc(C#N)c4)cc32)N=C1N. The number of hydroxylamine groups is 2. The Labute approximate surface area is 187 Å². The van der Waals surface area contributed by atoms with E-state index < -0.39 is 5.72 Å². The zero-order chi connectivity index (χ0) is 21.9. The molecule has 4 aliphatic heterocycles. The third-order valence-corrected chi connectivity index (χ3v) is 7.58. The van der Waals surface area contributed by atoms with Crippen molar-refractivity contribution in [3.05, 3.63) is 53.6 Å². The van der Waals surface area contributed by atoms with Crippen LogP contribution in [-0.2, 0) is 15.3 Å². The zero-order valence-electron chi connectivity index (χ0n) is 18.1. The number of nitrogens with zero attached hydrogens (tertiary/aromatic N) is 3. The van der Waals surface area contributed by atoms with Gasteiger partial charge in [-0.2, -0.15) is 5.26 Å². The summed E-state index contributed by atoms with van der Waals surface area (Å²) in [6.45, 7) is 0.724. The van der Waals surface area contributed by atoms with Gasteiger partial charge in [-0.1, -0.05) is 18.2 Å². The molecule has 164 valence electrons. The van der Waals surface area contributed by atoms with Gasteiger partial charge in [-0.05, 0) is 61.1 Å². The van der Waals surface area contributed by atoms with E-state index in [1.807, 2.05) is 30.3 Å². The first kappa shape index (κ1) is 19.6. The smallest absolute Gasteiger partial charge is 0.221 e. The molecule has 7 nitrogen and oxygen atoms in total. The second-order valence-electron chi connectivity index (χ2n) is 9.43. The summed E-state index contributed by atoms with van der Waals surface area (Å²) in [7, 11) is 1.78. The van der Waals surface area contributed by atoms with Crippen molar-refractivity contribution in [1.29, 1.82) is 5.26 Å². The minimum Gasteiger partial charge on any atom is -0.489 e. The van der Waals surface area contributed by atoms with Crippen molar-refractivity contribution in [2.45, 2.75) is 50.0 Å². The fraction of sp³-hybridized carbons (Fsp3) is 0.440. The van der Waals surface area contributed by atoms with Gasteiger partial charge >= 0.3 is 0 Å². The average molecular weight is 431 g/mol. The van der Waals surface area contributed by atoms with Gasteiger partial charge in [0.25, 0.3) is 0 Å². The van der Waals surface area contributed by atoms with E-state index in [1.54, 1.807) is 18.2 Å². The van der Waals surface area contributed by atoms with E-state index in [1.165, 1.54) is 0 Å². The monoisotopic (exact) mass is 430 g/mol. The highest BCUT2D eigenvalue weighted by Gasteiger charge is 2.56. The molecule has 4 heterocycles. The Morgan fingerprint density at radius 2 is 1.97 bits per heavy atom. The van der Waals surface area contributed by atoms with Crippen molar-refractivity contribution in [3.63, 3.8) is 0 Å². The number of guanidine groups is 1. The van der Waals surface area contributed by atoms with E-state index in [4.69, 9.17) is 25.0 Å². The van der Waals surface area contributed by atoms with Gasteiger partial charge in [-0.3, -0.25) is 0 Å². The number of fused-ring (bicyclic) bond motifs is 5. The Bertz CT molecular complexity index is 1130. The molecule has 5 aliphatic rings. The quantitative estimate of drug-likeness (QED) is 0.781. The predicted molar refractivity (Wildman–Crippen MR) is 118 cm³/mol. The van der Waals surface area contributed by atoms with Crippen LogP contribution in [0.2, 0.25) is 0 Å². The van der Waals surface area contributed by atoms with Gasteiger partial charge in [-0.25, -0.2) is 14.9 Å². The van der Waals surface area contributed by atoms with Crippen LogP contribution in [0.25, 0.3) is 11.1 Å².